The predicted molar refractivity (Wildman–Crippen MR) is 121 cm³/mol. The maximum atomic E-state index is 12.4. The van der Waals surface area contributed by atoms with Gasteiger partial charge in [-0.25, -0.2) is 4.79 Å². The van der Waals surface area contributed by atoms with Gasteiger partial charge in [-0.15, -0.1) is 0 Å². The van der Waals surface area contributed by atoms with Crippen molar-refractivity contribution in [2.75, 3.05) is 38.0 Å². The lowest BCUT2D eigenvalue weighted by Crippen LogP contribution is -2.52. The molecule has 0 saturated carbocycles. The summed E-state index contributed by atoms with van der Waals surface area (Å²) in [6, 6.07) is 11.0. The van der Waals surface area contributed by atoms with E-state index < -0.39 is 0 Å². The van der Waals surface area contributed by atoms with Crippen molar-refractivity contribution in [1.82, 2.24) is 15.1 Å². The van der Waals surface area contributed by atoms with Crippen molar-refractivity contribution in [2.45, 2.75) is 20.4 Å². The van der Waals surface area contributed by atoms with Gasteiger partial charge < -0.3 is 15.5 Å². The lowest BCUT2D eigenvalue weighted by molar-refractivity contribution is -0.117. The van der Waals surface area contributed by atoms with Crippen LogP contribution < -0.4 is 10.6 Å². The molecule has 0 atom stereocenters. The Morgan fingerprint density at radius 2 is 1.67 bits per heavy atom. The lowest BCUT2D eigenvalue weighted by atomic mass is 10.1. The molecule has 1 saturated heterocycles. The zero-order chi connectivity index (χ0) is 21.7. The van der Waals surface area contributed by atoms with E-state index in [0.29, 0.717) is 49.3 Å². The van der Waals surface area contributed by atoms with Crippen molar-refractivity contribution >= 4 is 40.8 Å². The molecular weight excluding hydrogens is 423 g/mol. The Morgan fingerprint density at radius 1 is 1.00 bits per heavy atom. The average molecular weight is 449 g/mol. The minimum absolute atomic E-state index is 0.0392. The number of piperazine rings is 1. The SMILES string of the molecule is Cc1cccc(C)c1NC(=O)CN1CCN(C(=O)NCc2ccc(Cl)cc2Cl)CC1. The molecule has 0 aromatic heterocycles. The number of hydrogen-bond donors (Lipinski definition) is 2. The summed E-state index contributed by atoms with van der Waals surface area (Å²) in [4.78, 5) is 28.7. The molecule has 6 nitrogen and oxygen atoms in total. The maximum Gasteiger partial charge on any atom is 0.317 e. The summed E-state index contributed by atoms with van der Waals surface area (Å²) < 4.78 is 0. The molecule has 0 bridgehead atoms. The van der Waals surface area contributed by atoms with Crippen LogP contribution in [0.25, 0.3) is 0 Å². The van der Waals surface area contributed by atoms with Crippen LogP contribution in [0.1, 0.15) is 16.7 Å². The van der Waals surface area contributed by atoms with Gasteiger partial charge in [-0.3, -0.25) is 9.69 Å². The Hall–Kier alpha value is -2.28. The standard InChI is InChI=1S/C22H26Cl2N4O2/c1-15-4-3-5-16(2)21(15)26-20(29)14-27-8-10-28(11-9-27)22(30)25-13-17-6-7-18(23)12-19(17)24/h3-7,12H,8-11,13-14H2,1-2H3,(H,25,30)(H,26,29). The first-order chi connectivity index (χ1) is 14.3. The first kappa shape index (κ1) is 22.4. The zero-order valence-electron chi connectivity index (χ0n) is 17.2. The third-order valence-electron chi connectivity index (χ3n) is 5.22. The van der Waals surface area contributed by atoms with E-state index in [4.69, 9.17) is 23.2 Å². The largest absolute Gasteiger partial charge is 0.334 e. The van der Waals surface area contributed by atoms with Crippen LogP contribution in [0.15, 0.2) is 36.4 Å². The molecule has 30 heavy (non-hydrogen) atoms. The van der Waals surface area contributed by atoms with Crippen LogP contribution in [0.5, 0.6) is 0 Å². The Morgan fingerprint density at radius 3 is 2.30 bits per heavy atom. The smallest absolute Gasteiger partial charge is 0.317 e. The van der Waals surface area contributed by atoms with Gasteiger partial charge in [0.2, 0.25) is 5.91 Å². The molecule has 2 N–H and O–H groups in total. The summed E-state index contributed by atoms with van der Waals surface area (Å²) in [5.74, 6) is -0.0392. The fourth-order valence-corrected chi connectivity index (χ4v) is 3.93. The Bertz CT molecular complexity index is 907. The highest BCUT2D eigenvalue weighted by Crippen LogP contribution is 2.21. The number of carbonyl (C=O) groups is 2. The summed E-state index contributed by atoms with van der Waals surface area (Å²) in [7, 11) is 0. The third-order valence-corrected chi connectivity index (χ3v) is 5.80. The first-order valence-electron chi connectivity index (χ1n) is 9.88. The normalized spacial score (nSPS) is 14.5. The fraction of sp³-hybridized carbons (Fsp3) is 0.364. The number of amides is 3. The fourth-order valence-electron chi connectivity index (χ4n) is 3.45. The number of para-hydroxylation sites is 1. The van der Waals surface area contributed by atoms with Gasteiger partial charge >= 0.3 is 6.03 Å². The van der Waals surface area contributed by atoms with E-state index in [-0.39, 0.29) is 11.9 Å². The Labute approximate surface area is 187 Å². The number of aryl methyl sites for hydroxylation is 2. The molecule has 2 aromatic carbocycles. The maximum absolute atomic E-state index is 12.4. The number of urea groups is 1. The van der Waals surface area contributed by atoms with Gasteiger partial charge in [0.05, 0.1) is 6.54 Å². The molecule has 1 fully saturated rings. The molecule has 0 radical (unpaired) electrons. The van der Waals surface area contributed by atoms with Crippen LogP contribution in [0, 0.1) is 13.8 Å². The molecule has 3 rings (SSSR count). The Balaban J connectivity index is 1.44. The van der Waals surface area contributed by atoms with Crippen molar-refractivity contribution in [2.24, 2.45) is 0 Å². The average Bonchev–Trinajstić information content (AvgIpc) is 2.70. The summed E-state index contributed by atoms with van der Waals surface area (Å²) in [5, 5.41) is 7.00. The van der Waals surface area contributed by atoms with Crippen LogP contribution in [-0.2, 0) is 11.3 Å². The number of anilines is 1. The molecule has 2 aromatic rings. The van der Waals surface area contributed by atoms with Gasteiger partial charge in [0.1, 0.15) is 0 Å². The van der Waals surface area contributed by atoms with Crippen molar-refractivity contribution < 1.29 is 9.59 Å². The van der Waals surface area contributed by atoms with E-state index in [1.807, 2.05) is 32.0 Å². The number of rotatable bonds is 5. The highest BCUT2D eigenvalue weighted by atomic mass is 35.5. The summed E-state index contributed by atoms with van der Waals surface area (Å²) in [6.45, 7) is 7.05. The number of benzene rings is 2. The van der Waals surface area contributed by atoms with E-state index in [0.717, 1.165) is 22.4 Å². The van der Waals surface area contributed by atoms with Crippen molar-refractivity contribution in [3.05, 3.63) is 63.1 Å². The molecule has 3 amide bonds. The number of halogens is 2. The van der Waals surface area contributed by atoms with Gasteiger partial charge in [-0.1, -0.05) is 47.5 Å². The van der Waals surface area contributed by atoms with E-state index in [2.05, 4.69) is 15.5 Å². The minimum atomic E-state index is -0.138. The van der Waals surface area contributed by atoms with Crippen molar-refractivity contribution in [3.63, 3.8) is 0 Å². The second-order valence-electron chi connectivity index (χ2n) is 7.47. The second kappa shape index (κ2) is 10.2. The van der Waals surface area contributed by atoms with Gasteiger partial charge in [-0.2, -0.15) is 0 Å². The lowest BCUT2D eigenvalue weighted by Gasteiger charge is -2.34. The highest BCUT2D eigenvalue weighted by Gasteiger charge is 2.22. The number of nitrogens with one attached hydrogen (secondary N) is 2. The molecular formula is C22H26Cl2N4O2. The van der Waals surface area contributed by atoms with Gasteiger partial charge in [0.15, 0.2) is 0 Å². The third kappa shape index (κ3) is 5.88. The van der Waals surface area contributed by atoms with Crippen molar-refractivity contribution in [3.8, 4) is 0 Å². The highest BCUT2D eigenvalue weighted by molar-refractivity contribution is 6.35. The topological polar surface area (TPSA) is 64.7 Å². The van der Waals surface area contributed by atoms with Crippen LogP contribution in [0.4, 0.5) is 10.5 Å². The molecule has 0 unspecified atom stereocenters. The summed E-state index contributed by atoms with van der Waals surface area (Å²) in [6.07, 6.45) is 0. The van der Waals surface area contributed by atoms with Crippen LogP contribution in [-0.4, -0.2) is 54.5 Å². The molecule has 1 aliphatic rings. The molecule has 1 aliphatic heterocycles. The zero-order valence-corrected chi connectivity index (χ0v) is 18.7. The molecule has 0 spiro atoms. The van der Waals surface area contributed by atoms with E-state index >= 15 is 0 Å². The van der Waals surface area contributed by atoms with Crippen LogP contribution >= 0.6 is 23.2 Å². The number of hydrogen-bond acceptors (Lipinski definition) is 3. The minimum Gasteiger partial charge on any atom is -0.334 e. The molecule has 8 heteroatoms. The summed E-state index contributed by atoms with van der Waals surface area (Å²) in [5.41, 5.74) is 3.79. The van der Waals surface area contributed by atoms with Gasteiger partial charge in [-0.05, 0) is 42.7 Å². The molecule has 0 aliphatic carbocycles. The number of carbonyl (C=O) groups excluding carboxylic acids is 2. The molecule has 1 heterocycles. The van der Waals surface area contributed by atoms with E-state index in [1.54, 1.807) is 23.1 Å². The van der Waals surface area contributed by atoms with Gasteiger partial charge in [0.25, 0.3) is 0 Å². The summed E-state index contributed by atoms with van der Waals surface area (Å²) >= 11 is 12.0. The monoisotopic (exact) mass is 448 g/mol. The van der Waals surface area contributed by atoms with Crippen LogP contribution in [0.2, 0.25) is 10.0 Å². The second-order valence-corrected chi connectivity index (χ2v) is 8.32. The van der Waals surface area contributed by atoms with Crippen LogP contribution in [0.3, 0.4) is 0 Å². The first-order valence-corrected chi connectivity index (χ1v) is 10.6. The van der Waals surface area contributed by atoms with E-state index in [1.165, 1.54) is 0 Å². The quantitative estimate of drug-likeness (QED) is 0.723. The van der Waals surface area contributed by atoms with Gasteiger partial charge in [0, 0.05) is 48.5 Å². The predicted octanol–water partition coefficient (Wildman–Crippen LogP) is 4.08. The Kier molecular flexibility index (Phi) is 7.58. The van der Waals surface area contributed by atoms with E-state index in [9.17, 15) is 9.59 Å². The van der Waals surface area contributed by atoms with Crippen molar-refractivity contribution in [1.29, 1.82) is 0 Å². The number of nitrogens with zero attached hydrogens (tertiary/aromatic N) is 2. The molecule has 160 valence electrons.